The zero-order valence-electron chi connectivity index (χ0n) is 26.3. The molecule has 0 aromatic heterocycles. The van der Waals surface area contributed by atoms with Crippen molar-refractivity contribution in [2.75, 3.05) is 46.7 Å². The first-order valence-electron chi connectivity index (χ1n) is 15.2. The molecule has 3 amide bonds. The van der Waals surface area contributed by atoms with Crippen molar-refractivity contribution in [1.29, 1.82) is 0 Å². The minimum absolute atomic E-state index is 0.0252. The molecule has 0 radical (unpaired) electrons. The Morgan fingerprint density at radius 1 is 0.957 bits per heavy atom. The number of carbonyl (C=O) groups excluding carboxylic acids is 3. The van der Waals surface area contributed by atoms with Gasteiger partial charge >= 0.3 is 0 Å². The molecule has 2 aliphatic rings. The highest BCUT2D eigenvalue weighted by atomic mass is 32.2. The lowest BCUT2D eigenvalue weighted by atomic mass is 9.93. The molecule has 5 rings (SSSR count). The monoisotopic (exact) mass is 649 g/mol. The number of nitrogens with one attached hydrogen (secondary N) is 2. The minimum Gasteiger partial charge on any atom is -0.493 e. The van der Waals surface area contributed by atoms with Gasteiger partial charge in [-0.1, -0.05) is 18.2 Å². The molecule has 0 saturated carbocycles. The molecular weight excluding hydrogens is 610 g/mol. The Morgan fingerprint density at radius 2 is 1.74 bits per heavy atom. The number of sulfone groups is 1. The van der Waals surface area contributed by atoms with Crippen LogP contribution in [0, 0.1) is 0 Å². The van der Waals surface area contributed by atoms with Gasteiger partial charge in [-0.25, -0.2) is 8.42 Å². The zero-order valence-corrected chi connectivity index (χ0v) is 27.1. The van der Waals surface area contributed by atoms with Gasteiger partial charge in [-0.15, -0.1) is 0 Å². The number of ether oxygens (including phenoxy) is 3. The van der Waals surface area contributed by atoms with Crippen molar-refractivity contribution in [3.05, 3.63) is 71.3 Å². The topological polar surface area (TPSA) is 140 Å². The van der Waals surface area contributed by atoms with E-state index in [-0.39, 0.29) is 67.6 Å². The predicted molar refractivity (Wildman–Crippen MR) is 172 cm³/mol. The van der Waals surface area contributed by atoms with Crippen LogP contribution in [-0.4, -0.2) is 77.8 Å². The van der Waals surface area contributed by atoms with Crippen molar-refractivity contribution >= 4 is 27.6 Å². The van der Waals surface area contributed by atoms with E-state index in [9.17, 15) is 22.8 Å². The van der Waals surface area contributed by atoms with Gasteiger partial charge < -0.3 is 29.7 Å². The Balaban J connectivity index is 1.41. The smallest absolute Gasteiger partial charge is 0.227 e. The predicted octanol–water partition coefficient (Wildman–Crippen LogP) is 3.24. The van der Waals surface area contributed by atoms with Gasteiger partial charge in [0.1, 0.15) is 5.75 Å². The molecular formula is C34H39N3O8S. The molecule has 46 heavy (non-hydrogen) atoms. The second-order valence-corrected chi connectivity index (χ2v) is 13.5. The van der Waals surface area contributed by atoms with E-state index in [0.717, 1.165) is 28.5 Å². The van der Waals surface area contributed by atoms with Crippen molar-refractivity contribution in [2.24, 2.45) is 0 Å². The molecule has 1 atom stereocenters. The molecule has 0 aliphatic carbocycles. The largest absolute Gasteiger partial charge is 0.493 e. The van der Waals surface area contributed by atoms with Crippen molar-refractivity contribution in [3.63, 3.8) is 0 Å². The molecule has 3 aromatic carbocycles. The quantitative estimate of drug-likeness (QED) is 0.430. The van der Waals surface area contributed by atoms with E-state index in [0.29, 0.717) is 42.3 Å². The molecule has 2 aliphatic heterocycles. The van der Waals surface area contributed by atoms with Crippen LogP contribution in [0.25, 0.3) is 11.1 Å². The van der Waals surface area contributed by atoms with Crippen LogP contribution in [0.3, 0.4) is 0 Å². The second kappa shape index (κ2) is 14.2. The Kier molecular flexibility index (Phi) is 10.2. The third-order valence-electron chi connectivity index (χ3n) is 8.25. The highest BCUT2D eigenvalue weighted by molar-refractivity contribution is 7.90. The molecule has 1 unspecified atom stereocenters. The zero-order chi connectivity index (χ0) is 32.8. The van der Waals surface area contributed by atoms with Gasteiger partial charge in [-0.3, -0.25) is 14.4 Å². The summed E-state index contributed by atoms with van der Waals surface area (Å²) >= 11 is 0. The summed E-state index contributed by atoms with van der Waals surface area (Å²) in [7, 11) is -0.207. The summed E-state index contributed by atoms with van der Waals surface area (Å²) in [6.07, 6.45) is 2.48. The Labute approximate surface area is 269 Å². The summed E-state index contributed by atoms with van der Waals surface area (Å²) in [6.45, 7) is 1.03. The van der Waals surface area contributed by atoms with Gasteiger partial charge in [-0.05, 0) is 59.5 Å². The van der Waals surface area contributed by atoms with E-state index >= 15 is 0 Å². The number of methoxy groups -OCH3 is 2. The van der Waals surface area contributed by atoms with Crippen molar-refractivity contribution in [3.8, 4) is 28.4 Å². The molecule has 0 spiro atoms. The van der Waals surface area contributed by atoms with Crippen LogP contribution in [0.1, 0.15) is 42.0 Å². The maximum absolute atomic E-state index is 13.4. The molecule has 244 valence electrons. The molecule has 0 fully saturated rings. The fraction of sp³-hybridized carbons (Fsp3) is 0.382. The lowest BCUT2D eigenvalue weighted by Crippen LogP contribution is -2.41. The van der Waals surface area contributed by atoms with Crippen LogP contribution in [0.15, 0.2) is 59.5 Å². The number of benzene rings is 3. The van der Waals surface area contributed by atoms with Crippen LogP contribution < -0.4 is 24.8 Å². The summed E-state index contributed by atoms with van der Waals surface area (Å²) in [6, 6.07) is 15.5. The fourth-order valence-corrected chi connectivity index (χ4v) is 6.40. The SMILES string of the molecule is COc1cc2cc(c1OC)-c1ccc3c(c1)C(CCO3)NC(=O)CCN(C(=O)Cc1ccc(S(C)(=O)=O)cc1)CCNC(=O)CC2. The third-order valence-corrected chi connectivity index (χ3v) is 9.38. The van der Waals surface area contributed by atoms with Crippen molar-refractivity contribution < 1.29 is 37.0 Å². The van der Waals surface area contributed by atoms with Gasteiger partial charge in [0.2, 0.25) is 17.7 Å². The Morgan fingerprint density at radius 3 is 2.46 bits per heavy atom. The third kappa shape index (κ3) is 7.79. The van der Waals surface area contributed by atoms with Gasteiger partial charge in [0, 0.05) is 56.3 Å². The molecule has 12 heteroatoms. The molecule has 2 N–H and O–H groups in total. The number of amides is 3. The molecule has 2 heterocycles. The van der Waals surface area contributed by atoms with Gasteiger partial charge in [0.25, 0.3) is 0 Å². The molecule has 3 aromatic rings. The fourth-order valence-electron chi connectivity index (χ4n) is 5.77. The highest BCUT2D eigenvalue weighted by Crippen LogP contribution is 2.42. The van der Waals surface area contributed by atoms with Crippen molar-refractivity contribution in [2.45, 2.75) is 43.0 Å². The second-order valence-electron chi connectivity index (χ2n) is 11.5. The molecule has 4 bridgehead atoms. The van der Waals surface area contributed by atoms with E-state index in [1.54, 1.807) is 31.3 Å². The maximum Gasteiger partial charge on any atom is 0.227 e. The first kappa shape index (κ1) is 32.8. The van der Waals surface area contributed by atoms with Gasteiger partial charge in [0.15, 0.2) is 21.3 Å². The number of aryl methyl sites for hydroxylation is 1. The van der Waals surface area contributed by atoms with E-state index in [1.165, 1.54) is 12.1 Å². The van der Waals surface area contributed by atoms with Crippen LogP contribution in [0.4, 0.5) is 0 Å². The Hall–Kier alpha value is -4.58. The summed E-state index contributed by atoms with van der Waals surface area (Å²) in [5.74, 6) is 1.18. The summed E-state index contributed by atoms with van der Waals surface area (Å²) in [4.78, 5) is 41.2. The van der Waals surface area contributed by atoms with Crippen LogP contribution >= 0.6 is 0 Å². The Bertz CT molecular complexity index is 1720. The van der Waals surface area contributed by atoms with E-state index in [4.69, 9.17) is 14.2 Å². The number of hydrogen-bond donors (Lipinski definition) is 2. The average Bonchev–Trinajstić information content (AvgIpc) is 3.04. The van der Waals surface area contributed by atoms with E-state index in [2.05, 4.69) is 10.6 Å². The lowest BCUT2D eigenvalue weighted by Gasteiger charge is -2.28. The minimum atomic E-state index is -3.36. The number of carbonyl (C=O) groups is 3. The van der Waals surface area contributed by atoms with E-state index < -0.39 is 9.84 Å². The van der Waals surface area contributed by atoms with Crippen LogP contribution in [0.2, 0.25) is 0 Å². The first-order valence-corrected chi connectivity index (χ1v) is 17.1. The average molecular weight is 650 g/mol. The molecule has 0 saturated heterocycles. The number of nitrogens with zero attached hydrogens (tertiary/aromatic N) is 1. The maximum atomic E-state index is 13.4. The first-order chi connectivity index (χ1) is 22.0. The molecule has 11 nitrogen and oxygen atoms in total. The van der Waals surface area contributed by atoms with Gasteiger partial charge in [0.05, 0.1) is 38.2 Å². The summed E-state index contributed by atoms with van der Waals surface area (Å²) in [5.41, 5.74) is 4.04. The lowest BCUT2D eigenvalue weighted by molar-refractivity contribution is -0.132. The van der Waals surface area contributed by atoms with E-state index in [1.807, 2.05) is 30.3 Å². The number of rotatable bonds is 5. The summed E-state index contributed by atoms with van der Waals surface area (Å²) in [5, 5.41) is 6.02. The van der Waals surface area contributed by atoms with Gasteiger partial charge in [-0.2, -0.15) is 0 Å². The van der Waals surface area contributed by atoms with Crippen molar-refractivity contribution in [1.82, 2.24) is 15.5 Å². The number of fused-ring (bicyclic) bond motifs is 4. The standard InChI is InChI=1S/C34H39N3O8S/c1-43-30-19-23-6-11-31(38)35-14-16-37(33(40)20-22-4-8-25(9-5-22)46(3,41)42)15-12-32(39)36-28-13-17-45-29-10-7-24(21-27(28)29)26(18-23)34(30)44-2/h4-5,7-10,18-19,21,28H,6,11-17,20H2,1-3H3,(H,35,38)(H,36,39). The highest BCUT2D eigenvalue weighted by Gasteiger charge is 2.26. The number of hydrogen-bond acceptors (Lipinski definition) is 8. The van der Waals surface area contributed by atoms with Crippen LogP contribution in [-0.2, 0) is 37.1 Å². The normalized spacial score (nSPS) is 17.5. The van der Waals surface area contributed by atoms with Crippen LogP contribution in [0.5, 0.6) is 17.2 Å². The summed E-state index contributed by atoms with van der Waals surface area (Å²) < 4.78 is 41.0.